The van der Waals surface area contributed by atoms with E-state index < -0.39 is 6.10 Å². The molecule has 0 spiro atoms. The van der Waals surface area contributed by atoms with E-state index in [1.807, 2.05) is 12.1 Å². The Bertz CT molecular complexity index is 531. The smallest absolute Gasteiger partial charge is 0.0761 e. The average molecular weight is 255 g/mol. The van der Waals surface area contributed by atoms with Crippen molar-refractivity contribution in [3.63, 3.8) is 0 Å². The zero-order valence-corrected chi connectivity index (χ0v) is 11.8. The molecule has 0 amide bonds. The molecule has 1 atom stereocenters. The molecule has 2 aromatic carbocycles. The van der Waals surface area contributed by atoms with Gasteiger partial charge in [0, 0.05) is 19.3 Å². The van der Waals surface area contributed by atoms with Gasteiger partial charge in [0.15, 0.2) is 0 Å². The molecule has 1 N–H and O–H groups in total. The first-order chi connectivity index (χ1) is 9.08. The predicted molar refractivity (Wildman–Crippen MR) is 80.4 cm³/mol. The fraction of sp³-hybridized carbons (Fsp3) is 0.294. The highest BCUT2D eigenvalue weighted by molar-refractivity contribution is 5.48. The van der Waals surface area contributed by atoms with E-state index in [1.54, 1.807) is 6.92 Å². The highest BCUT2D eigenvalue weighted by Crippen LogP contribution is 2.20. The Balaban J connectivity index is 2.12. The third-order valence-electron chi connectivity index (χ3n) is 3.49. The van der Waals surface area contributed by atoms with Gasteiger partial charge in [-0.15, -0.1) is 0 Å². The molecule has 100 valence electrons. The van der Waals surface area contributed by atoms with Gasteiger partial charge in [-0.2, -0.15) is 0 Å². The number of benzene rings is 2. The molecule has 0 fully saturated rings. The quantitative estimate of drug-likeness (QED) is 0.900. The number of hydrogen-bond acceptors (Lipinski definition) is 2. The van der Waals surface area contributed by atoms with E-state index in [4.69, 9.17) is 0 Å². The summed E-state index contributed by atoms with van der Waals surface area (Å²) in [4.78, 5) is 2.22. The van der Waals surface area contributed by atoms with E-state index in [9.17, 15) is 5.11 Å². The number of rotatable bonds is 4. The average Bonchev–Trinajstić information content (AvgIpc) is 2.41. The Morgan fingerprint density at radius 1 is 1.05 bits per heavy atom. The van der Waals surface area contributed by atoms with Crippen molar-refractivity contribution >= 4 is 5.69 Å². The molecular weight excluding hydrogens is 234 g/mol. The van der Waals surface area contributed by atoms with E-state index in [1.165, 1.54) is 11.1 Å². The maximum atomic E-state index is 9.51. The van der Waals surface area contributed by atoms with Crippen molar-refractivity contribution in [2.24, 2.45) is 0 Å². The summed E-state index contributed by atoms with van der Waals surface area (Å²) in [6, 6.07) is 16.5. The van der Waals surface area contributed by atoms with Crippen LogP contribution in [0, 0.1) is 6.92 Å². The van der Waals surface area contributed by atoms with Crippen molar-refractivity contribution in [2.75, 3.05) is 11.9 Å². The van der Waals surface area contributed by atoms with E-state index in [0.29, 0.717) is 0 Å². The van der Waals surface area contributed by atoms with E-state index in [0.717, 1.165) is 17.8 Å². The fourth-order valence-corrected chi connectivity index (χ4v) is 2.14. The van der Waals surface area contributed by atoms with E-state index >= 15 is 0 Å². The molecule has 0 bridgehead atoms. The second kappa shape index (κ2) is 5.89. The molecule has 2 heteroatoms. The van der Waals surface area contributed by atoms with Gasteiger partial charge >= 0.3 is 0 Å². The Labute approximate surface area is 115 Å². The second-order valence-electron chi connectivity index (χ2n) is 5.05. The molecule has 0 saturated heterocycles. The van der Waals surface area contributed by atoms with Crippen LogP contribution in [-0.4, -0.2) is 12.2 Å². The fourth-order valence-electron chi connectivity index (χ4n) is 2.14. The van der Waals surface area contributed by atoms with Crippen molar-refractivity contribution < 1.29 is 5.11 Å². The topological polar surface area (TPSA) is 23.5 Å². The largest absolute Gasteiger partial charge is 0.389 e. The molecule has 0 heterocycles. The minimum absolute atomic E-state index is 0.407. The van der Waals surface area contributed by atoms with Crippen LogP contribution in [0.2, 0.25) is 0 Å². The number of aliphatic hydroxyl groups excluding tert-OH is 1. The number of anilines is 1. The van der Waals surface area contributed by atoms with Crippen molar-refractivity contribution in [1.29, 1.82) is 0 Å². The van der Waals surface area contributed by atoms with Crippen molar-refractivity contribution in [2.45, 2.75) is 26.5 Å². The Morgan fingerprint density at radius 2 is 1.68 bits per heavy atom. The van der Waals surface area contributed by atoms with Gasteiger partial charge in [0.1, 0.15) is 0 Å². The highest BCUT2D eigenvalue weighted by Gasteiger charge is 2.05. The molecule has 2 aromatic rings. The first-order valence-corrected chi connectivity index (χ1v) is 6.61. The Kier molecular flexibility index (Phi) is 4.23. The molecular formula is C17H21NO. The molecule has 0 radical (unpaired) electrons. The lowest BCUT2D eigenvalue weighted by Gasteiger charge is -2.21. The Morgan fingerprint density at radius 3 is 2.26 bits per heavy atom. The van der Waals surface area contributed by atoms with Crippen molar-refractivity contribution in [1.82, 2.24) is 0 Å². The van der Waals surface area contributed by atoms with Gasteiger partial charge in [0.05, 0.1) is 6.10 Å². The lowest BCUT2D eigenvalue weighted by atomic mass is 10.1. The monoisotopic (exact) mass is 255 g/mol. The first-order valence-electron chi connectivity index (χ1n) is 6.61. The van der Waals surface area contributed by atoms with Crippen LogP contribution in [0.1, 0.15) is 29.7 Å². The molecule has 0 aliphatic heterocycles. The SMILES string of the molecule is Cc1ccccc1CN(C)c1ccc([C@@H](C)O)cc1. The molecule has 0 aromatic heterocycles. The van der Waals surface area contributed by atoms with Gasteiger partial charge in [0.2, 0.25) is 0 Å². The van der Waals surface area contributed by atoms with E-state index in [-0.39, 0.29) is 0 Å². The number of aliphatic hydroxyl groups is 1. The van der Waals surface area contributed by atoms with Crippen LogP contribution in [-0.2, 0) is 6.54 Å². The molecule has 0 aliphatic carbocycles. The third kappa shape index (κ3) is 3.36. The summed E-state index contributed by atoms with van der Waals surface area (Å²) < 4.78 is 0. The van der Waals surface area contributed by atoms with Crippen LogP contribution in [0.15, 0.2) is 48.5 Å². The molecule has 0 saturated carbocycles. The van der Waals surface area contributed by atoms with Crippen LogP contribution in [0.4, 0.5) is 5.69 Å². The second-order valence-corrected chi connectivity index (χ2v) is 5.05. The van der Waals surface area contributed by atoms with Gasteiger partial charge in [0.25, 0.3) is 0 Å². The first kappa shape index (κ1) is 13.6. The standard InChI is InChI=1S/C17H21NO/c1-13-6-4-5-7-16(13)12-18(3)17-10-8-15(9-11-17)14(2)19/h4-11,14,19H,12H2,1-3H3/t14-/m1/s1. The lowest BCUT2D eigenvalue weighted by Crippen LogP contribution is -2.17. The zero-order chi connectivity index (χ0) is 13.8. The Hall–Kier alpha value is -1.80. The summed E-state index contributed by atoms with van der Waals surface area (Å²) in [6.45, 7) is 4.81. The summed E-state index contributed by atoms with van der Waals surface area (Å²) in [6.07, 6.45) is -0.407. The number of nitrogens with zero attached hydrogens (tertiary/aromatic N) is 1. The van der Waals surface area contributed by atoms with Crippen molar-refractivity contribution in [3.05, 3.63) is 65.2 Å². The third-order valence-corrected chi connectivity index (χ3v) is 3.49. The van der Waals surface area contributed by atoms with E-state index in [2.05, 4.69) is 55.3 Å². The van der Waals surface area contributed by atoms with Crippen LogP contribution < -0.4 is 4.90 Å². The summed E-state index contributed by atoms with van der Waals surface area (Å²) in [7, 11) is 2.09. The predicted octanol–water partition coefficient (Wildman–Crippen LogP) is 3.68. The molecule has 19 heavy (non-hydrogen) atoms. The van der Waals surface area contributed by atoms with Crippen molar-refractivity contribution in [3.8, 4) is 0 Å². The van der Waals surface area contributed by atoms with Crippen LogP contribution in [0.5, 0.6) is 0 Å². The summed E-state index contributed by atoms with van der Waals surface area (Å²) in [5.74, 6) is 0. The highest BCUT2D eigenvalue weighted by atomic mass is 16.3. The number of aryl methyl sites for hydroxylation is 1. The molecule has 2 nitrogen and oxygen atoms in total. The van der Waals surface area contributed by atoms with Gasteiger partial charge in [-0.1, -0.05) is 36.4 Å². The molecule has 2 rings (SSSR count). The minimum atomic E-state index is -0.407. The maximum absolute atomic E-state index is 9.51. The van der Waals surface area contributed by atoms with Crippen LogP contribution in [0.3, 0.4) is 0 Å². The summed E-state index contributed by atoms with van der Waals surface area (Å²) in [5, 5.41) is 9.51. The van der Waals surface area contributed by atoms with Gasteiger partial charge in [-0.3, -0.25) is 0 Å². The van der Waals surface area contributed by atoms with Gasteiger partial charge < -0.3 is 10.0 Å². The lowest BCUT2D eigenvalue weighted by molar-refractivity contribution is 0.199. The molecule has 0 aliphatic rings. The minimum Gasteiger partial charge on any atom is -0.389 e. The zero-order valence-electron chi connectivity index (χ0n) is 11.8. The summed E-state index contributed by atoms with van der Waals surface area (Å²) >= 11 is 0. The van der Waals surface area contributed by atoms with Crippen LogP contribution >= 0.6 is 0 Å². The molecule has 0 unspecified atom stereocenters. The van der Waals surface area contributed by atoms with Gasteiger partial charge in [-0.25, -0.2) is 0 Å². The normalized spacial score (nSPS) is 12.2. The van der Waals surface area contributed by atoms with Gasteiger partial charge in [-0.05, 0) is 42.7 Å². The number of hydrogen-bond donors (Lipinski definition) is 1. The summed E-state index contributed by atoms with van der Waals surface area (Å²) in [5.41, 5.74) is 4.76. The maximum Gasteiger partial charge on any atom is 0.0761 e. The van der Waals surface area contributed by atoms with Crippen LogP contribution in [0.25, 0.3) is 0 Å².